The molecule has 0 saturated carbocycles. The van der Waals surface area contributed by atoms with Gasteiger partial charge in [0.15, 0.2) is 0 Å². The molecule has 6 nitrogen and oxygen atoms in total. The Hall–Kier alpha value is -1.95. The van der Waals surface area contributed by atoms with Crippen LogP contribution < -0.4 is 10.2 Å². The van der Waals surface area contributed by atoms with Gasteiger partial charge in [-0.2, -0.15) is 5.10 Å². The highest BCUT2D eigenvalue weighted by Gasteiger charge is 2.22. The zero-order valence-corrected chi connectivity index (χ0v) is 17.5. The normalized spacial score (nSPS) is 15.5. The van der Waals surface area contributed by atoms with Crippen molar-refractivity contribution in [3.05, 3.63) is 34.5 Å². The third-order valence-corrected chi connectivity index (χ3v) is 5.67. The van der Waals surface area contributed by atoms with E-state index >= 15 is 0 Å². The van der Waals surface area contributed by atoms with E-state index < -0.39 is 0 Å². The predicted molar refractivity (Wildman–Crippen MR) is 110 cm³/mol. The number of hydrogen-bond donors (Lipinski definition) is 1. The Morgan fingerprint density at radius 1 is 1.15 bits per heavy atom. The van der Waals surface area contributed by atoms with Gasteiger partial charge in [0.25, 0.3) is 0 Å². The van der Waals surface area contributed by atoms with E-state index in [1.165, 1.54) is 16.8 Å². The fourth-order valence-electron chi connectivity index (χ4n) is 3.97. The molecular weight excluding hydrogens is 336 g/mol. The molecule has 0 aromatic carbocycles. The van der Waals surface area contributed by atoms with Gasteiger partial charge in [-0.15, -0.1) is 0 Å². The van der Waals surface area contributed by atoms with Crippen molar-refractivity contribution in [3.8, 4) is 0 Å². The van der Waals surface area contributed by atoms with E-state index in [1.54, 1.807) is 0 Å². The Bertz CT molecular complexity index is 758. The van der Waals surface area contributed by atoms with E-state index in [2.05, 4.69) is 47.6 Å². The first-order valence-electron chi connectivity index (χ1n) is 10.4. The van der Waals surface area contributed by atoms with Gasteiger partial charge in [0.05, 0.1) is 5.69 Å². The molecule has 1 saturated heterocycles. The van der Waals surface area contributed by atoms with Gasteiger partial charge in [-0.25, -0.2) is 9.97 Å². The van der Waals surface area contributed by atoms with E-state index in [-0.39, 0.29) is 0 Å². The molecule has 0 spiro atoms. The number of nitrogens with zero attached hydrogens (tertiary/aromatic N) is 5. The van der Waals surface area contributed by atoms with Crippen molar-refractivity contribution < 1.29 is 0 Å². The molecule has 0 amide bonds. The van der Waals surface area contributed by atoms with Gasteiger partial charge in [0.2, 0.25) is 0 Å². The summed E-state index contributed by atoms with van der Waals surface area (Å²) in [5.41, 5.74) is 5.09. The molecule has 0 bridgehead atoms. The first-order valence-corrected chi connectivity index (χ1v) is 10.4. The molecule has 148 valence electrons. The molecule has 1 N–H and O–H groups in total. The molecule has 3 heterocycles. The van der Waals surface area contributed by atoms with Crippen LogP contribution in [0.2, 0.25) is 0 Å². The summed E-state index contributed by atoms with van der Waals surface area (Å²) < 4.78 is 2.15. The lowest BCUT2D eigenvalue weighted by Crippen LogP contribution is -2.43. The van der Waals surface area contributed by atoms with Gasteiger partial charge < -0.3 is 10.2 Å². The van der Waals surface area contributed by atoms with Gasteiger partial charge in [0, 0.05) is 55.2 Å². The van der Waals surface area contributed by atoms with E-state index in [9.17, 15) is 0 Å². The Morgan fingerprint density at radius 3 is 2.56 bits per heavy atom. The topological polar surface area (TPSA) is 58.9 Å². The summed E-state index contributed by atoms with van der Waals surface area (Å²) in [5.74, 6) is 1.99. The summed E-state index contributed by atoms with van der Waals surface area (Å²) in [6, 6.07) is 0.558. The van der Waals surface area contributed by atoms with Crippen molar-refractivity contribution in [2.45, 2.75) is 79.4 Å². The van der Waals surface area contributed by atoms with E-state index in [4.69, 9.17) is 10.1 Å². The maximum Gasteiger partial charge on any atom is 0.135 e. The summed E-state index contributed by atoms with van der Waals surface area (Å²) in [5, 5.41) is 8.47. The van der Waals surface area contributed by atoms with Crippen LogP contribution in [-0.4, -0.2) is 38.9 Å². The predicted octanol–water partition coefficient (Wildman–Crippen LogP) is 3.33. The van der Waals surface area contributed by atoms with E-state index in [0.29, 0.717) is 6.04 Å². The third kappa shape index (κ3) is 4.49. The second-order valence-corrected chi connectivity index (χ2v) is 7.63. The fraction of sp³-hybridized carbons (Fsp3) is 0.667. The smallest absolute Gasteiger partial charge is 0.135 e. The molecule has 1 aliphatic rings. The number of aromatic nitrogens is 4. The minimum absolute atomic E-state index is 0.558. The second-order valence-electron chi connectivity index (χ2n) is 7.63. The SMILES string of the molecule is CCCn1nc(C)c(CNC2CCN(c3nc(C)ncc3CC)CC2)c1C. The Kier molecular flexibility index (Phi) is 6.47. The molecule has 1 aliphatic heterocycles. The highest BCUT2D eigenvalue weighted by atomic mass is 15.3. The molecule has 2 aromatic rings. The number of anilines is 1. The first-order chi connectivity index (χ1) is 13.0. The van der Waals surface area contributed by atoms with Crippen LogP contribution in [0.5, 0.6) is 0 Å². The van der Waals surface area contributed by atoms with Crippen LogP contribution in [0, 0.1) is 20.8 Å². The zero-order chi connectivity index (χ0) is 19.4. The molecular formula is C21H34N6. The minimum Gasteiger partial charge on any atom is -0.356 e. The lowest BCUT2D eigenvalue weighted by molar-refractivity contribution is 0.411. The van der Waals surface area contributed by atoms with Crippen LogP contribution in [0.25, 0.3) is 0 Å². The van der Waals surface area contributed by atoms with Crippen LogP contribution in [0.1, 0.15) is 61.4 Å². The third-order valence-electron chi connectivity index (χ3n) is 5.67. The van der Waals surface area contributed by atoms with Crippen LogP contribution in [0.4, 0.5) is 5.82 Å². The first kappa shape index (κ1) is 19.8. The molecule has 3 rings (SSSR count). The summed E-state index contributed by atoms with van der Waals surface area (Å²) in [6.45, 7) is 14.7. The van der Waals surface area contributed by atoms with Crippen molar-refractivity contribution in [1.82, 2.24) is 25.1 Å². The molecule has 1 fully saturated rings. The lowest BCUT2D eigenvalue weighted by Gasteiger charge is -2.34. The summed E-state index contributed by atoms with van der Waals surface area (Å²) in [7, 11) is 0. The van der Waals surface area contributed by atoms with Gasteiger partial charge in [-0.1, -0.05) is 13.8 Å². The van der Waals surface area contributed by atoms with Crippen molar-refractivity contribution in [2.75, 3.05) is 18.0 Å². The average molecular weight is 371 g/mol. The highest BCUT2D eigenvalue weighted by Crippen LogP contribution is 2.23. The zero-order valence-electron chi connectivity index (χ0n) is 17.5. The van der Waals surface area contributed by atoms with E-state index in [0.717, 1.165) is 69.2 Å². The van der Waals surface area contributed by atoms with E-state index in [1.807, 2.05) is 13.1 Å². The van der Waals surface area contributed by atoms with Gasteiger partial charge in [-0.05, 0) is 46.5 Å². The molecule has 0 atom stereocenters. The van der Waals surface area contributed by atoms with Gasteiger partial charge in [0.1, 0.15) is 11.6 Å². The summed E-state index contributed by atoms with van der Waals surface area (Å²) >= 11 is 0. The minimum atomic E-state index is 0.558. The quantitative estimate of drug-likeness (QED) is 0.810. The molecule has 2 aromatic heterocycles. The number of hydrogen-bond acceptors (Lipinski definition) is 5. The monoisotopic (exact) mass is 370 g/mol. The maximum absolute atomic E-state index is 4.71. The second kappa shape index (κ2) is 8.83. The Morgan fingerprint density at radius 2 is 1.89 bits per heavy atom. The molecule has 0 aliphatic carbocycles. The standard InChI is InChI=1S/C21H34N6/c1-6-10-27-16(4)20(15(3)25-27)14-23-19-8-11-26(12-9-19)21-18(7-2)13-22-17(5)24-21/h13,19,23H,6-12,14H2,1-5H3. The maximum atomic E-state index is 4.71. The lowest BCUT2D eigenvalue weighted by atomic mass is 10.0. The largest absolute Gasteiger partial charge is 0.356 e. The van der Waals surface area contributed by atoms with Crippen LogP contribution in [0.3, 0.4) is 0 Å². The van der Waals surface area contributed by atoms with Crippen molar-refractivity contribution in [3.63, 3.8) is 0 Å². The molecule has 0 unspecified atom stereocenters. The van der Waals surface area contributed by atoms with Crippen molar-refractivity contribution in [2.24, 2.45) is 0 Å². The van der Waals surface area contributed by atoms with Gasteiger partial charge >= 0.3 is 0 Å². The van der Waals surface area contributed by atoms with Gasteiger partial charge in [-0.3, -0.25) is 4.68 Å². The van der Waals surface area contributed by atoms with Crippen LogP contribution in [-0.2, 0) is 19.5 Å². The number of piperidine rings is 1. The van der Waals surface area contributed by atoms with Crippen molar-refractivity contribution in [1.29, 1.82) is 0 Å². The Labute approximate surface area is 163 Å². The fourth-order valence-corrected chi connectivity index (χ4v) is 3.97. The summed E-state index contributed by atoms with van der Waals surface area (Å²) in [4.78, 5) is 11.5. The molecule has 27 heavy (non-hydrogen) atoms. The average Bonchev–Trinajstić information content (AvgIpc) is 2.94. The highest BCUT2D eigenvalue weighted by molar-refractivity contribution is 5.46. The Balaban J connectivity index is 1.57. The number of rotatable bonds is 7. The number of aryl methyl sites for hydroxylation is 4. The number of nitrogens with one attached hydrogen (secondary N) is 1. The van der Waals surface area contributed by atoms with Crippen LogP contribution >= 0.6 is 0 Å². The van der Waals surface area contributed by atoms with Crippen LogP contribution in [0.15, 0.2) is 6.20 Å². The summed E-state index contributed by atoms with van der Waals surface area (Å²) in [6.07, 6.45) is 6.38. The molecule has 0 radical (unpaired) electrons. The molecule has 6 heteroatoms. The van der Waals surface area contributed by atoms with Crippen molar-refractivity contribution >= 4 is 5.82 Å².